The van der Waals surface area contributed by atoms with Gasteiger partial charge in [0.25, 0.3) is 0 Å². The number of benzene rings is 2. The van der Waals surface area contributed by atoms with Gasteiger partial charge in [0.1, 0.15) is 5.75 Å². The number of hydrogen-bond acceptors (Lipinski definition) is 6. The third-order valence-electron chi connectivity index (χ3n) is 4.37. The number of urea groups is 1. The first kappa shape index (κ1) is 25.8. The van der Waals surface area contributed by atoms with Crippen LogP contribution in [0.2, 0.25) is 0 Å². The van der Waals surface area contributed by atoms with Crippen molar-refractivity contribution in [3.8, 4) is 5.75 Å². The van der Waals surface area contributed by atoms with Crippen LogP contribution in [0.1, 0.15) is 37.5 Å². The van der Waals surface area contributed by atoms with Crippen molar-refractivity contribution in [2.75, 3.05) is 24.9 Å². The molecule has 32 heavy (non-hydrogen) atoms. The summed E-state index contributed by atoms with van der Waals surface area (Å²) in [6.45, 7) is 6.81. The van der Waals surface area contributed by atoms with Gasteiger partial charge in [-0.05, 0) is 46.7 Å². The Morgan fingerprint density at radius 2 is 1.78 bits per heavy atom. The van der Waals surface area contributed by atoms with Crippen LogP contribution in [0.3, 0.4) is 0 Å². The Morgan fingerprint density at radius 3 is 2.38 bits per heavy atom. The maximum absolute atomic E-state index is 12.2. The lowest BCUT2D eigenvalue weighted by molar-refractivity contribution is 0.0503. The zero-order valence-corrected chi connectivity index (χ0v) is 20.7. The molecular weight excluding hydrogens is 450 g/mol. The first-order valence-electron chi connectivity index (χ1n) is 9.95. The zero-order valence-electron chi connectivity index (χ0n) is 19.0. The summed E-state index contributed by atoms with van der Waals surface area (Å²) in [5.74, 6) is 1.21. The fraction of sp³-hybridized carbons (Fsp3) is 0.409. The Morgan fingerprint density at radius 1 is 1.09 bits per heavy atom. The number of rotatable bonds is 10. The van der Waals surface area contributed by atoms with E-state index in [0.29, 0.717) is 23.7 Å². The molecule has 2 aromatic rings. The molecule has 8 nitrogen and oxygen atoms in total. The van der Waals surface area contributed by atoms with Crippen molar-refractivity contribution >= 4 is 33.7 Å². The number of methoxy groups -OCH3 is 1. The standard InChI is InChI=1S/C22H31N3O5S2/c1-22(2,3)18-9-8-17(20(12-18)30-15-29-4)13-23-21(26)24-31-14-16-6-10-19(11-7-16)25-32(5,27)28/h6-12,25H,13-15H2,1-5H3,(H2,23,24,26). The van der Waals surface area contributed by atoms with Gasteiger partial charge < -0.3 is 14.8 Å². The molecule has 2 amide bonds. The van der Waals surface area contributed by atoms with E-state index in [0.717, 1.165) is 22.9 Å². The normalized spacial score (nSPS) is 11.7. The molecule has 0 saturated carbocycles. The van der Waals surface area contributed by atoms with Crippen LogP contribution < -0.4 is 19.5 Å². The molecule has 3 N–H and O–H groups in total. The smallest absolute Gasteiger partial charge is 0.325 e. The van der Waals surface area contributed by atoms with Gasteiger partial charge in [-0.1, -0.05) is 45.0 Å². The molecule has 0 aliphatic rings. The first-order chi connectivity index (χ1) is 15.0. The van der Waals surface area contributed by atoms with Crippen molar-refractivity contribution in [2.24, 2.45) is 0 Å². The van der Waals surface area contributed by atoms with E-state index < -0.39 is 10.0 Å². The highest BCUT2D eigenvalue weighted by molar-refractivity contribution is 7.97. The molecule has 0 bridgehead atoms. The van der Waals surface area contributed by atoms with Gasteiger partial charge in [-0.25, -0.2) is 13.2 Å². The fourth-order valence-corrected chi connectivity index (χ4v) is 3.90. The van der Waals surface area contributed by atoms with Gasteiger partial charge in [0.2, 0.25) is 10.0 Å². The number of anilines is 1. The molecule has 10 heteroatoms. The summed E-state index contributed by atoms with van der Waals surface area (Å²) in [5.41, 5.74) is 3.40. The van der Waals surface area contributed by atoms with Crippen molar-refractivity contribution in [1.29, 1.82) is 0 Å². The summed E-state index contributed by atoms with van der Waals surface area (Å²) in [7, 11) is -1.74. The Labute approximate surface area is 194 Å². The van der Waals surface area contributed by atoms with E-state index in [9.17, 15) is 13.2 Å². The number of sulfonamides is 1. The minimum Gasteiger partial charge on any atom is -0.467 e. The van der Waals surface area contributed by atoms with Gasteiger partial charge in [0.05, 0.1) is 6.26 Å². The van der Waals surface area contributed by atoms with Crippen molar-refractivity contribution in [3.05, 3.63) is 59.2 Å². The van der Waals surface area contributed by atoms with Gasteiger partial charge in [0.15, 0.2) is 6.79 Å². The minimum absolute atomic E-state index is 0.0236. The van der Waals surface area contributed by atoms with Crippen molar-refractivity contribution < 1.29 is 22.7 Å². The molecule has 0 aliphatic carbocycles. The van der Waals surface area contributed by atoms with Crippen LogP contribution in [0.4, 0.5) is 10.5 Å². The van der Waals surface area contributed by atoms with Gasteiger partial charge in [-0.3, -0.25) is 9.44 Å². The average Bonchev–Trinajstić information content (AvgIpc) is 2.70. The summed E-state index contributed by atoms with van der Waals surface area (Å²) >= 11 is 1.24. The Balaban J connectivity index is 1.86. The van der Waals surface area contributed by atoms with Crippen LogP contribution in [-0.2, 0) is 32.5 Å². The van der Waals surface area contributed by atoms with Gasteiger partial charge >= 0.3 is 6.03 Å². The van der Waals surface area contributed by atoms with E-state index >= 15 is 0 Å². The quantitative estimate of drug-likeness (QED) is 0.350. The van der Waals surface area contributed by atoms with E-state index in [1.807, 2.05) is 18.2 Å². The number of amides is 2. The number of hydrogen-bond donors (Lipinski definition) is 3. The lowest BCUT2D eigenvalue weighted by Crippen LogP contribution is -2.31. The fourth-order valence-electron chi connectivity index (χ4n) is 2.70. The molecule has 0 radical (unpaired) electrons. The predicted molar refractivity (Wildman–Crippen MR) is 129 cm³/mol. The van der Waals surface area contributed by atoms with E-state index in [2.05, 4.69) is 35.5 Å². The minimum atomic E-state index is -3.30. The van der Waals surface area contributed by atoms with Crippen molar-refractivity contribution in [3.63, 3.8) is 0 Å². The summed E-state index contributed by atoms with van der Waals surface area (Å²) < 4.78 is 38.4. The third-order valence-corrected chi connectivity index (χ3v) is 5.78. The second kappa shape index (κ2) is 11.4. The first-order valence-corrected chi connectivity index (χ1v) is 12.8. The number of nitrogens with one attached hydrogen (secondary N) is 3. The van der Waals surface area contributed by atoms with E-state index in [1.165, 1.54) is 11.9 Å². The van der Waals surface area contributed by atoms with Crippen LogP contribution in [-0.4, -0.2) is 34.6 Å². The van der Waals surface area contributed by atoms with Crippen LogP contribution in [0.5, 0.6) is 5.75 Å². The molecule has 0 unspecified atom stereocenters. The molecule has 176 valence electrons. The van der Waals surface area contributed by atoms with E-state index in [4.69, 9.17) is 9.47 Å². The molecule has 0 saturated heterocycles. The number of ether oxygens (including phenoxy) is 2. The van der Waals surface area contributed by atoms with Gasteiger partial charge in [0, 0.05) is 30.7 Å². The number of carbonyl (C=O) groups is 1. The molecular formula is C22H31N3O5S2. The number of carbonyl (C=O) groups excluding carboxylic acids is 1. The lowest BCUT2D eigenvalue weighted by Gasteiger charge is -2.21. The molecule has 0 aromatic heterocycles. The topological polar surface area (TPSA) is 106 Å². The second-order valence-electron chi connectivity index (χ2n) is 8.27. The Bertz CT molecular complexity index is 1000. The van der Waals surface area contributed by atoms with Crippen LogP contribution >= 0.6 is 11.9 Å². The molecule has 0 spiro atoms. The second-order valence-corrected chi connectivity index (χ2v) is 10.8. The summed E-state index contributed by atoms with van der Waals surface area (Å²) in [6, 6.07) is 12.6. The third kappa shape index (κ3) is 8.97. The summed E-state index contributed by atoms with van der Waals surface area (Å²) in [5, 5.41) is 2.83. The highest BCUT2D eigenvalue weighted by Crippen LogP contribution is 2.28. The van der Waals surface area contributed by atoms with Crippen LogP contribution in [0.25, 0.3) is 0 Å². The summed E-state index contributed by atoms with van der Waals surface area (Å²) in [6.07, 6.45) is 1.10. The monoisotopic (exact) mass is 481 g/mol. The Kier molecular flexibility index (Phi) is 9.23. The van der Waals surface area contributed by atoms with E-state index in [1.54, 1.807) is 31.4 Å². The van der Waals surface area contributed by atoms with Crippen molar-refractivity contribution in [1.82, 2.24) is 10.0 Å². The maximum atomic E-state index is 12.2. The van der Waals surface area contributed by atoms with Crippen LogP contribution in [0, 0.1) is 0 Å². The van der Waals surface area contributed by atoms with E-state index in [-0.39, 0.29) is 18.2 Å². The molecule has 2 rings (SSSR count). The highest BCUT2D eigenvalue weighted by Gasteiger charge is 2.16. The maximum Gasteiger partial charge on any atom is 0.325 e. The van der Waals surface area contributed by atoms with Gasteiger partial charge in [-0.15, -0.1) is 0 Å². The van der Waals surface area contributed by atoms with Crippen LogP contribution in [0.15, 0.2) is 42.5 Å². The predicted octanol–water partition coefficient (Wildman–Crippen LogP) is 3.99. The largest absolute Gasteiger partial charge is 0.467 e. The molecule has 0 heterocycles. The average molecular weight is 482 g/mol. The lowest BCUT2D eigenvalue weighted by atomic mass is 9.86. The highest BCUT2D eigenvalue weighted by atomic mass is 32.2. The van der Waals surface area contributed by atoms with Crippen molar-refractivity contribution in [2.45, 2.75) is 38.5 Å². The SMILES string of the molecule is COCOc1cc(C(C)(C)C)ccc1CNC(=O)NSCc1ccc(NS(C)(=O)=O)cc1. The molecule has 2 aromatic carbocycles. The van der Waals surface area contributed by atoms with Gasteiger partial charge in [-0.2, -0.15) is 0 Å². The Hall–Kier alpha value is -2.43. The molecule has 0 fully saturated rings. The molecule has 0 atom stereocenters. The molecule has 0 aliphatic heterocycles. The summed E-state index contributed by atoms with van der Waals surface area (Å²) in [4.78, 5) is 12.2. The zero-order chi connectivity index (χ0) is 23.8.